The van der Waals surface area contributed by atoms with Gasteiger partial charge in [-0.3, -0.25) is 9.56 Å². The Balaban J connectivity index is 2.16. The van der Waals surface area contributed by atoms with Gasteiger partial charge in [0.15, 0.2) is 5.69 Å². The summed E-state index contributed by atoms with van der Waals surface area (Å²) in [7, 11) is -3.90. The molecule has 2 atom stereocenters. The van der Waals surface area contributed by atoms with Crippen molar-refractivity contribution in [2.45, 2.75) is 24.9 Å². The fourth-order valence-corrected chi connectivity index (χ4v) is 3.28. The molecule has 2 aromatic rings. The van der Waals surface area contributed by atoms with Crippen LogP contribution < -0.4 is 5.14 Å². The standard InChI is InChI=1S/C17H17F3N4O2S/c1-10-7-22-8-14(11(10)2)16-23-15(17(18,19)20)9-24(16)12-3-5-13(6-4-12)27(21,25)26/h3-11H,1-2H3,(H2,21,25,26). The summed E-state index contributed by atoms with van der Waals surface area (Å²) in [6.07, 6.45) is -0.499. The van der Waals surface area contributed by atoms with Gasteiger partial charge in [-0.2, -0.15) is 13.2 Å². The lowest BCUT2D eigenvalue weighted by molar-refractivity contribution is -0.140. The second kappa shape index (κ2) is 6.61. The molecule has 1 aromatic carbocycles. The van der Waals surface area contributed by atoms with Gasteiger partial charge in [0.1, 0.15) is 5.82 Å². The number of aliphatic imine (C=N–C) groups is 1. The number of nitrogens with zero attached hydrogens (tertiary/aromatic N) is 3. The Morgan fingerprint density at radius 1 is 1.15 bits per heavy atom. The topological polar surface area (TPSA) is 90.3 Å². The van der Waals surface area contributed by atoms with Crippen molar-refractivity contribution in [1.29, 1.82) is 0 Å². The van der Waals surface area contributed by atoms with Crippen LogP contribution in [0.4, 0.5) is 13.2 Å². The first-order chi connectivity index (χ1) is 12.5. The third kappa shape index (κ3) is 3.81. The summed E-state index contributed by atoms with van der Waals surface area (Å²) < 4.78 is 63.8. The molecule has 10 heteroatoms. The Kier molecular flexibility index (Phi) is 4.73. The molecule has 0 saturated heterocycles. The smallest absolute Gasteiger partial charge is 0.299 e. The van der Waals surface area contributed by atoms with E-state index in [1.807, 2.05) is 13.8 Å². The predicted molar refractivity (Wildman–Crippen MR) is 94.7 cm³/mol. The van der Waals surface area contributed by atoms with Crippen LogP contribution in [-0.4, -0.2) is 24.2 Å². The van der Waals surface area contributed by atoms with Crippen molar-refractivity contribution in [1.82, 2.24) is 9.55 Å². The predicted octanol–water partition coefficient (Wildman–Crippen LogP) is 3.24. The maximum Gasteiger partial charge on any atom is 0.434 e. The zero-order valence-corrected chi connectivity index (χ0v) is 15.3. The number of hydrogen-bond donors (Lipinski definition) is 1. The van der Waals surface area contributed by atoms with Gasteiger partial charge in [-0.15, -0.1) is 0 Å². The van der Waals surface area contributed by atoms with E-state index in [-0.39, 0.29) is 22.6 Å². The van der Waals surface area contributed by atoms with E-state index < -0.39 is 21.9 Å². The lowest BCUT2D eigenvalue weighted by Gasteiger charge is -2.22. The van der Waals surface area contributed by atoms with Gasteiger partial charge in [0.05, 0.1) is 4.90 Å². The molecule has 0 radical (unpaired) electrons. The second-order valence-electron chi connectivity index (χ2n) is 6.39. The number of benzene rings is 1. The van der Waals surface area contributed by atoms with Crippen molar-refractivity contribution < 1.29 is 21.6 Å². The van der Waals surface area contributed by atoms with E-state index in [0.717, 1.165) is 6.20 Å². The molecule has 0 amide bonds. The monoisotopic (exact) mass is 398 g/mol. The minimum Gasteiger partial charge on any atom is -0.299 e. The molecule has 2 unspecified atom stereocenters. The zero-order chi connectivity index (χ0) is 20.0. The molecule has 0 aliphatic carbocycles. The van der Waals surface area contributed by atoms with Gasteiger partial charge in [0, 0.05) is 29.9 Å². The largest absolute Gasteiger partial charge is 0.434 e. The highest BCUT2D eigenvalue weighted by molar-refractivity contribution is 7.89. The molecule has 0 bridgehead atoms. The zero-order valence-electron chi connectivity index (χ0n) is 14.5. The van der Waals surface area contributed by atoms with Crippen LogP contribution in [0, 0.1) is 11.8 Å². The number of allylic oxidation sites excluding steroid dienone is 1. The van der Waals surface area contributed by atoms with Gasteiger partial charge in [-0.1, -0.05) is 13.8 Å². The Bertz CT molecular complexity index is 1020. The Morgan fingerprint density at radius 3 is 2.33 bits per heavy atom. The third-order valence-corrected chi connectivity index (χ3v) is 5.44. The summed E-state index contributed by atoms with van der Waals surface area (Å²) in [5.74, 6) is 0.0598. The highest BCUT2D eigenvalue weighted by Gasteiger charge is 2.36. The van der Waals surface area contributed by atoms with Crippen molar-refractivity contribution in [2.24, 2.45) is 22.0 Å². The van der Waals surface area contributed by atoms with Crippen LogP contribution in [0.25, 0.3) is 11.3 Å². The highest BCUT2D eigenvalue weighted by atomic mass is 32.2. The summed E-state index contributed by atoms with van der Waals surface area (Å²) in [5, 5.41) is 5.07. The van der Waals surface area contributed by atoms with Crippen molar-refractivity contribution in [2.75, 3.05) is 0 Å². The number of hydrogen-bond acceptors (Lipinski definition) is 4. The van der Waals surface area contributed by atoms with Crippen LogP contribution in [0.3, 0.4) is 0 Å². The number of aromatic nitrogens is 2. The molecule has 0 saturated carbocycles. The maximum atomic E-state index is 13.2. The van der Waals surface area contributed by atoms with E-state index in [2.05, 4.69) is 9.98 Å². The van der Waals surface area contributed by atoms with Gasteiger partial charge in [0.25, 0.3) is 0 Å². The number of nitrogens with two attached hydrogens (primary N) is 1. The van der Waals surface area contributed by atoms with Gasteiger partial charge in [-0.05, 0) is 36.1 Å². The molecule has 1 aromatic heterocycles. The van der Waals surface area contributed by atoms with Crippen LogP contribution in [0.1, 0.15) is 25.4 Å². The molecule has 1 aliphatic rings. The fourth-order valence-electron chi connectivity index (χ4n) is 2.76. The molecule has 3 rings (SSSR count). The van der Waals surface area contributed by atoms with Crippen LogP contribution in [0.15, 0.2) is 46.6 Å². The van der Waals surface area contributed by atoms with Crippen molar-refractivity contribution >= 4 is 21.8 Å². The number of sulfonamides is 1. The Labute approximate surface area is 154 Å². The first-order valence-electron chi connectivity index (χ1n) is 8.02. The molecule has 2 heterocycles. The lowest BCUT2D eigenvalue weighted by atomic mass is 9.88. The quantitative estimate of drug-likeness (QED) is 0.861. The SMILES string of the molecule is CC1C=NC=C(c2nc(C(F)(F)F)cn2-c2ccc(S(N)(=O)=O)cc2)C1C. The summed E-state index contributed by atoms with van der Waals surface area (Å²) in [5.41, 5.74) is -0.143. The maximum absolute atomic E-state index is 13.2. The minimum atomic E-state index is -4.62. The van der Waals surface area contributed by atoms with Gasteiger partial charge < -0.3 is 0 Å². The second-order valence-corrected chi connectivity index (χ2v) is 7.95. The Hall–Kier alpha value is -2.46. The minimum absolute atomic E-state index is 0.0363. The van der Waals surface area contributed by atoms with Crippen LogP contribution in [0.5, 0.6) is 0 Å². The van der Waals surface area contributed by atoms with E-state index in [0.29, 0.717) is 11.3 Å². The average Bonchev–Trinajstić information content (AvgIpc) is 3.02. The molecule has 0 spiro atoms. The van der Waals surface area contributed by atoms with Crippen molar-refractivity contribution in [3.05, 3.63) is 48.2 Å². The first kappa shape index (κ1) is 19.3. The van der Waals surface area contributed by atoms with E-state index in [1.54, 1.807) is 6.21 Å². The molecule has 2 N–H and O–H groups in total. The number of imidazole rings is 1. The first-order valence-corrected chi connectivity index (χ1v) is 9.56. The summed E-state index contributed by atoms with van der Waals surface area (Å²) >= 11 is 0. The van der Waals surface area contributed by atoms with Gasteiger partial charge in [0.2, 0.25) is 10.0 Å². The molecular formula is C17H17F3N4O2S. The fraction of sp³-hybridized carbons (Fsp3) is 0.294. The molecule has 6 nitrogen and oxygen atoms in total. The van der Waals surface area contributed by atoms with E-state index in [9.17, 15) is 21.6 Å². The normalized spacial score (nSPS) is 20.6. The third-order valence-electron chi connectivity index (χ3n) is 4.51. The number of rotatable bonds is 3. The van der Waals surface area contributed by atoms with Crippen molar-refractivity contribution in [3.63, 3.8) is 0 Å². The number of alkyl halides is 3. The molecular weight excluding hydrogens is 381 g/mol. The molecule has 1 aliphatic heterocycles. The van der Waals surface area contributed by atoms with E-state index in [4.69, 9.17) is 5.14 Å². The number of halogens is 3. The van der Waals surface area contributed by atoms with Crippen LogP contribution in [-0.2, 0) is 16.2 Å². The average molecular weight is 398 g/mol. The van der Waals surface area contributed by atoms with Crippen LogP contribution >= 0.6 is 0 Å². The van der Waals surface area contributed by atoms with Crippen LogP contribution in [0.2, 0.25) is 0 Å². The van der Waals surface area contributed by atoms with Gasteiger partial charge in [-0.25, -0.2) is 18.5 Å². The summed E-state index contributed by atoms with van der Waals surface area (Å²) in [4.78, 5) is 7.76. The molecule has 0 fully saturated rings. The lowest BCUT2D eigenvalue weighted by Crippen LogP contribution is -2.17. The van der Waals surface area contributed by atoms with Crippen molar-refractivity contribution in [3.8, 4) is 5.69 Å². The molecule has 27 heavy (non-hydrogen) atoms. The van der Waals surface area contributed by atoms with Gasteiger partial charge >= 0.3 is 6.18 Å². The number of primary sulfonamides is 1. The molecule has 144 valence electrons. The summed E-state index contributed by atoms with van der Waals surface area (Å²) in [6, 6.07) is 5.24. The Morgan fingerprint density at radius 2 is 1.78 bits per heavy atom. The summed E-state index contributed by atoms with van der Waals surface area (Å²) in [6.45, 7) is 3.80. The van der Waals surface area contributed by atoms with E-state index in [1.165, 1.54) is 35.0 Å². The highest BCUT2D eigenvalue weighted by Crippen LogP contribution is 2.35. The van der Waals surface area contributed by atoms with E-state index >= 15 is 0 Å².